The normalized spacial score (nSPS) is 12.9. The minimum Gasteiger partial charge on any atom is -0.388 e. The van der Waals surface area contributed by atoms with Crippen LogP contribution in [-0.2, 0) is 0 Å². The fraction of sp³-hybridized carbons (Fsp3) is 0.333. The molecule has 1 N–H and O–H groups in total. The molecule has 1 rings (SSSR count). The van der Waals surface area contributed by atoms with Gasteiger partial charge in [0.2, 0.25) is 0 Å². The lowest BCUT2D eigenvalue weighted by atomic mass is 10.1. The number of thioether (sulfide) groups is 1. The van der Waals surface area contributed by atoms with E-state index in [9.17, 15) is 5.11 Å². The topological polar surface area (TPSA) is 20.2 Å². The second kappa shape index (κ2) is 4.80. The molecule has 0 amide bonds. The largest absolute Gasteiger partial charge is 0.388 e. The first kappa shape index (κ1) is 9.96. The van der Waals surface area contributed by atoms with Crippen molar-refractivity contribution in [2.45, 2.75) is 11.0 Å². The molecule has 66 valence electrons. The van der Waals surface area contributed by atoms with Crippen molar-refractivity contribution in [1.82, 2.24) is 0 Å². The van der Waals surface area contributed by atoms with Gasteiger partial charge in [-0.3, -0.25) is 0 Å². The molecule has 0 radical (unpaired) electrons. The molecule has 0 spiro atoms. The lowest BCUT2D eigenvalue weighted by molar-refractivity contribution is 0.204. The van der Waals surface area contributed by atoms with E-state index in [1.165, 1.54) is 4.90 Å². The van der Waals surface area contributed by atoms with E-state index in [-0.39, 0.29) is 0 Å². The van der Waals surface area contributed by atoms with Crippen molar-refractivity contribution < 1.29 is 5.11 Å². The van der Waals surface area contributed by atoms with Gasteiger partial charge in [0.15, 0.2) is 0 Å². The fourth-order valence-corrected chi connectivity index (χ4v) is 1.55. The summed E-state index contributed by atoms with van der Waals surface area (Å²) < 4.78 is 0. The molecule has 0 saturated heterocycles. The smallest absolute Gasteiger partial charge is 0.0877 e. The molecule has 0 aliphatic heterocycles. The number of aliphatic hydroxyl groups is 1. The molecular formula is C9H12OS2. The molecule has 1 atom stereocenters. The van der Waals surface area contributed by atoms with Crippen LogP contribution in [0.25, 0.3) is 0 Å². The molecule has 0 saturated carbocycles. The van der Waals surface area contributed by atoms with E-state index < -0.39 is 6.10 Å². The van der Waals surface area contributed by atoms with Crippen molar-refractivity contribution in [2.75, 3.05) is 12.0 Å². The molecule has 0 aliphatic carbocycles. The SMILES string of the molecule is CSc1ccc(C(O)CS)cc1. The zero-order chi connectivity index (χ0) is 8.97. The molecule has 0 aromatic heterocycles. The zero-order valence-corrected chi connectivity index (χ0v) is 8.61. The van der Waals surface area contributed by atoms with Crippen LogP contribution in [0.5, 0.6) is 0 Å². The van der Waals surface area contributed by atoms with Gasteiger partial charge in [0, 0.05) is 10.6 Å². The summed E-state index contributed by atoms with van der Waals surface area (Å²) in [5.74, 6) is 0.471. The summed E-state index contributed by atoms with van der Waals surface area (Å²) in [6.07, 6.45) is 1.59. The van der Waals surface area contributed by atoms with Crippen molar-refractivity contribution in [2.24, 2.45) is 0 Å². The van der Waals surface area contributed by atoms with Gasteiger partial charge in [0.25, 0.3) is 0 Å². The van der Waals surface area contributed by atoms with E-state index in [0.717, 1.165) is 5.56 Å². The van der Waals surface area contributed by atoms with Gasteiger partial charge in [0.05, 0.1) is 6.10 Å². The van der Waals surface area contributed by atoms with E-state index in [4.69, 9.17) is 0 Å². The maximum Gasteiger partial charge on any atom is 0.0877 e. The summed E-state index contributed by atoms with van der Waals surface area (Å²) in [5.41, 5.74) is 0.933. The standard InChI is InChI=1S/C9H12OS2/c1-12-8-4-2-7(3-5-8)9(10)6-11/h2-5,9-11H,6H2,1H3. The van der Waals surface area contributed by atoms with Crippen LogP contribution < -0.4 is 0 Å². The van der Waals surface area contributed by atoms with Gasteiger partial charge in [0.1, 0.15) is 0 Å². The Bertz CT molecular complexity index is 233. The maximum absolute atomic E-state index is 9.41. The Morgan fingerprint density at radius 2 is 2.00 bits per heavy atom. The highest BCUT2D eigenvalue weighted by Crippen LogP contribution is 2.19. The summed E-state index contributed by atoms with van der Waals surface area (Å²) in [6.45, 7) is 0. The van der Waals surface area contributed by atoms with Gasteiger partial charge in [-0.1, -0.05) is 12.1 Å². The molecule has 1 aromatic rings. The molecule has 0 heterocycles. The van der Waals surface area contributed by atoms with E-state index in [2.05, 4.69) is 12.6 Å². The van der Waals surface area contributed by atoms with Gasteiger partial charge in [-0.15, -0.1) is 11.8 Å². The second-order valence-corrected chi connectivity index (χ2v) is 3.72. The van der Waals surface area contributed by atoms with Crippen LogP contribution in [0.15, 0.2) is 29.2 Å². The summed E-state index contributed by atoms with van der Waals surface area (Å²) in [6, 6.07) is 7.89. The quantitative estimate of drug-likeness (QED) is 0.577. The van der Waals surface area contributed by atoms with Gasteiger partial charge in [-0.2, -0.15) is 12.6 Å². The first-order chi connectivity index (χ1) is 5.77. The van der Waals surface area contributed by atoms with Crippen LogP contribution >= 0.6 is 24.4 Å². The highest BCUT2D eigenvalue weighted by Gasteiger charge is 2.03. The molecule has 0 bridgehead atoms. The highest BCUT2D eigenvalue weighted by molar-refractivity contribution is 7.98. The van der Waals surface area contributed by atoms with Crippen LogP contribution in [0.4, 0.5) is 0 Å². The second-order valence-electron chi connectivity index (χ2n) is 2.47. The minimum atomic E-state index is -0.441. The fourth-order valence-electron chi connectivity index (χ4n) is 0.931. The van der Waals surface area contributed by atoms with Crippen molar-refractivity contribution in [1.29, 1.82) is 0 Å². The number of hydrogen-bond acceptors (Lipinski definition) is 3. The first-order valence-electron chi connectivity index (χ1n) is 3.71. The van der Waals surface area contributed by atoms with Crippen LogP contribution in [0.3, 0.4) is 0 Å². The van der Waals surface area contributed by atoms with Gasteiger partial charge < -0.3 is 5.11 Å². The average Bonchev–Trinajstić information content (AvgIpc) is 2.17. The summed E-state index contributed by atoms with van der Waals surface area (Å²) in [4.78, 5) is 1.21. The van der Waals surface area contributed by atoms with Crippen LogP contribution in [0, 0.1) is 0 Å². The van der Waals surface area contributed by atoms with E-state index in [1.54, 1.807) is 11.8 Å². The van der Waals surface area contributed by atoms with E-state index in [1.807, 2.05) is 30.5 Å². The van der Waals surface area contributed by atoms with Gasteiger partial charge >= 0.3 is 0 Å². The molecule has 0 fully saturated rings. The molecule has 0 aliphatic rings. The molecule has 3 heteroatoms. The summed E-state index contributed by atoms with van der Waals surface area (Å²) in [7, 11) is 0. The first-order valence-corrected chi connectivity index (χ1v) is 5.56. The molecule has 12 heavy (non-hydrogen) atoms. The van der Waals surface area contributed by atoms with E-state index in [0.29, 0.717) is 5.75 Å². The predicted molar refractivity (Wildman–Crippen MR) is 57.0 cm³/mol. The van der Waals surface area contributed by atoms with Crippen molar-refractivity contribution in [3.8, 4) is 0 Å². The summed E-state index contributed by atoms with van der Waals surface area (Å²) in [5, 5.41) is 9.41. The minimum absolute atomic E-state index is 0.441. The third-order valence-corrected chi connectivity index (χ3v) is 2.76. The number of hydrogen-bond donors (Lipinski definition) is 2. The van der Waals surface area contributed by atoms with Gasteiger partial charge in [-0.25, -0.2) is 0 Å². The van der Waals surface area contributed by atoms with Crippen molar-refractivity contribution in [3.05, 3.63) is 29.8 Å². The number of rotatable bonds is 3. The highest BCUT2D eigenvalue weighted by atomic mass is 32.2. The Morgan fingerprint density at radius 3 is 2.42 bits per heavy atom. The van der Waals surface area contributed by atoms with E-state index >= 15 is 0 Å². The van der Waals surface area contributed by atoms with Crippen LogP contribution in [0.1, 0.15) is 11.7 Å². The number of benzene rings is 1. The van der Waals surface area contributed by atoms with Crippen molar-refractivity contribution in [3.63, 3.8) is 0 Å². The third-order valence-electron chi connectivity index (χ3n) is 1.67. The Labute approximate surface area is 82.6 Å². The van der Waals surface area contributed by atoms with Crippen LogP contribution in [0.2, 0.25) is 0 Å². The number of thiol groups is 1. The Kier molecular flexibility index (Phi) is 3.98. The zero-order valence-electron chi connectivity index (χ0n) is 6.90. The average molecular weight is 200 g/mol. The molecule has 1 aromatic carbocycles. The lowest BCUT2D eigenvalue weighted by Crippen LogP contribution is -1.97. The predicted octanol–water partition coefficient (Wildman–Crippen LogP) is 2.37. The maximum atomic E-state index is 9.41. The van der Waals surface area contributed by atoms with Crippen molar-refractivity contribution >= 4 is 24.4 Å². The Balaban J connectivity index is 2.77. The van der Waals surface area contributed by atoms with Crippen LogP contribution in [-0.4, -0.2) is 17.1 Å². The Morgan fingerprint density at radius 1 is 1.42 bits per heavy atom. The Hall–Kier alpha value is -0.120. The molecule has 1 unspecified atom stereocenters. The van der Waals surface area contributed by atoms with Gasteiger partial charge in [-0.05, 0) is 24.0 Å². The third kappa shape index (κ3) is 2.44. The molecule has 1 nitrogen and oxygen atoms in total. The summed E-state index contributed by atoms with van der Waals surface area (Å²) >= 11 is 5.72. The number of aliphatic hydroxyl groups excluding tert-OH is 1. The lowest BCUT2D eigenvalue weighted by Gasteiger charge is -2.07. The monoisotopic (exact) mass is 200 g/mol. The molecular weight excluding hydrogens is 188 g/mol.